The average Bonchev–Trinajstić information content (AvgIpc) is 2.98. The number of rotatable bonds is 4. The van der Waals surface area contributed by atoms with Crippen LogP contribution in [-0.4, -0.2) is 22.8 Å². The number of halogens is 2. The van der Waals surface area contributed by atoms with Gasteiger partial charge in [0.2, 0.25) is 0 Å². The summed E-state index contributed by atoms with van der Waals surface area (Å²) in [7, 11) is 3.12. The van der Waals surface area contributed by atoms with Gasteiger partial charge in [0.1, 0.15) is 11.6 Å². The first-order valence-corrected chi connectivity index (χ1v) is 7.80. The highest BCUT2D eigenvalue weighted by Crippen LogP contribution is 2.26. The van der Waals surface area contributed by atoms with Crippen molar-refractivity contribution in [1.82, 2.24) is 9.78 Å². The molecule has 1 aromatic heterocycles. The molecule has 0 aliphatic carbocycles. The Bertz CT molecular complexity index is 923. The number of ether oxygens (including phenoxy) is 1. The molecule has 2 aromatic carbocycles. The second kappa shape index (κ2) is 6.94. The van der Waals surface area contributed by atoms with E-state index in [0.717, 1.165) is 0 Å². The first-order valence-electron chi connectivity index (χ1n) is 7.43. The van der Waals surface area contributed by atoms with Crippen LogP contribution in [-0.2, 0) is 7.05 Å². The third kappa shape index (κ3) is 3.64. The van der Waals surface area contributed by atoms with E-state index in [-0.39, 0.29) is 5.69 Å². The van der Waals surface area contributed by atoms with Gasteiger partial charge in [-0.1, -0.05) is 11.6 Å². The monoisotopic (exact) mass is 359 g/mol. The van der Waals surface area contributed by atoms with Crippen molar-refractivity contribution >= 4 is 23.2 Å². The summed E-state index contributed by atoms with van der Waals surface area (Å²) < 4.78 is 20.7. The van der Waals surface area contributed by atoms with Crippen molar-refractivity contribution in [3.8, 4) is 17.0 Å². The minimum atomic E-state index is -0.452. The lowest BCUT2D eigenvalue weighted by molar-refractivity contribution is 0.102. The number of amides is 1. The first kappa shape index (κ1) is 17.0. The Morgan fingerprint density at radius 2 is 1.92 bits per heavy atom. The van der Waals surface area contributed by atoms with Crippen LogP contribution in [0.2, 0.25) is 5.02 Å². The lowest BCUT2D eigenvalue weighted by Gasteiger charge is -2.05. The van der Waals surface area contributed by atoms with Crippen LogP contribution >= 0.6 is 11.6 Å². The number of carbonyl (C=O) groups is 1. The van der Waals surface area contributed by atoms with Crippen molar-refractivity contribution in [2.24, 2.45) is 7.05 Å². The number of aromatic nitrogens is 2. The molecule has 0 aliphatic heterocycles. The van der Waals surface area contributed by atoms with Crippen LogP contribution in [0.1, 0.15) is 10.5 Å². The Kier molecular flexibility index (Phi) is 4.72. The van der Waals surface area contributed by atoms with Crippen LogP contribution in [0, 0.1) is 5.82 Å². The van der Waals surface area contributed by atoms with Crippen LogP contribution in [0.25, 0.3) is 11.3 Å². The number of aryl methyl sites for hydroxylation is 1. The van der Waals surface area contributed by atoms with Gasteiger partial charge in [0.25, 0.3) is 5.91 Å². The number of hydrogen-bond donors (Lipinski definition) is 1. The molecule has 0 saturated heterocycles. The molecular weight excluding hydrogens is 345 g/mol. The van der Waals surface area contributed by atoms with Crippen LogP contribution in [0.4, 0.5) is 10.1 Å². The Labute approximate surface area is 149 Å². The maximum Gasteiger partial charge on any atom is 0.276 e. The molecule has 0 aliphatic rings. The molecule has 1 amide bonds. The first-order chi connectivity index (χ1) is 12.0. The summed E-state index contributed by atoms with van der Waals surface area (Å²) in [5.74, 6) is -0.422. The molecule has 0 spiro atoms. The van der Waals surface area contributed by atoms with E-state index in [2.05, 4.69) is 10.4 Å². The van der Waals surface area contributed by atoms with Gasteiger partial charge in [-0.05, 0) is 42.5 Å². The van der Waals surface area contributed by atoms with E-state index in [1.165, 1.54) is 23.9 Å². The van der Waals surface area contributed by atoms with E-state index in [9.17, 15) is 9.18 Å². The van der Waals surface area contributed by atoms with Crippen molar-refractivity contribution < 1.29 is 13.9 Å². The molecule has 7 heteroatoms. The second-order valence-electron chi connectivity index (χ2n) is 5.35. The standard InChI is InChI=1S/C18H15ClFN3O2/c1-23-17(14-8-7-13(25-2)9-15(14)20)10-16(22-23)18(24)21-12-5-3-11(19)4-6-12/h3-10H,1-2H3,(H,21,24). The predicted molar refractivity (Wildman–Crippen MR) is 94.6 cm³/mol. The van der Waals surface area contributed by atoms with Crippen molar-refractivity contribution in [1.29, 1.82) is 0 Å². The number of nitrogens with zero attached hydrogens (tertiary/aromatic N) is 2. The number of anilines is 1. The van der Waals surface area contributed by atoms with Gasteiger partial charge in [-0.2, -0.15) is 5.10 Å². The third-order valence-electron chi connectivity index (χ3n) is 3.67. The Balaban J connectivity index is 1.87. The molecule has 0 saturated carbocycles. The molecule has 5 nitrogen and oxygen atoms in total. The number of methoxy groups -OCH3 is 1. The van der Waals surface area contributed by atoms with Gasteiger partial charge in [0, 0.05) is 29.4 Å². The van der Waals surface area contributed by atoms with Crippen LogP contribution in [0.15, 0.2) is 48.5 Å². The van der Waals surface area contributed by atoms with Gasteiger partial charge in [0.05, 0.1) is 12.8 Å². The maximum atomic E-state index is 14.3. The van der Waals surface area contributed by atoms with E-state index in [0.29, 0.717) is 27.7 Å². The summed E-state index contributed by atoms with van der Waals surface area (Å²) in [5.41, 5.74) is 1.60. The summed E-state index contributed by atoms with van der Waals surface area (Å²) in [6.45, 7) is 0. The summed E-state index contributed by atoms with van der Waals surface area (Å²) in [5, 5.41) is 7.47. The van der Waals surface area contributed by atoms with Gasteiger partial charge in [0.15, 0.2) is 5.69 Å². The lowest BCUT2D eigenvalue weighted by atomic mass is 10.1. The highest BCUT2D eigenvalue weighted by molar-refractivity contribution is 6.30. The highest BCUT2D eigenvalue weighted by Gasteiger charge is 2.17. The zero-order valence-electron chi connectivity index (χ0n) is 13.6. The fraction of sp³-hybridized carbons (Fsp3) is 0.111. The third-order valence-corrected chi connectivity index (χ3v) is 3.92. The molecule has 1 heterocycles. The van der Waals surface area contributed by atoms with Gasteiger partial charge >= 0.3 is 0 Å². The van der Waals surface area contributed by atoms with E-state index in [1.54, 1.807) is 43.4 Å². The second-order valence-corrected chi connectivity index (χ2v) is 5.78. The van der Waals surface area contributed by atoms with Gasteiger partial charge in [-0.15, -0.1) is 0 Å². The van der Waals surface area contributed by atoms with Crippen molar-refractivity contribution in [3.05, 3.63) is 65.1 Å². The predicted octanol–water partition coefficient (Wildman–Crippen LogP) is 4.14. The fourth-order valence-electron chi connectivity index (χ4n) is 2.39. The zero-order valence-corrected chi connectivity index (χ0v) is 14.3. The topological polar surface area (TPSA) is 56.1 Å². The molecular formula is C18H15ClFN3O2. The quantitative estimate of drug-likeness (QED) is 0.761. The Morgan fingerprint density at radius 1 is 1.20 bits per heavy atom. The van der Waals surface area contributed by atoms with Gasteiger partial charge in [-0.3, -0.25) is 9.48 Å². The number of carbonyl (C=O) groups excluding carboxylic acids is 1. The minimum absolute atomic E-state index is 0.183. The summed E-state index contributed by atoms with van der Waals surface area (Å²) >= 11 is 5.82. The molecule has 0 bridgehead atoms. The smallest absolute Gasteiger partial charge is 0.276 e. The van der Waals surface area contributed by atoms with E-state index < -0.39 is 11.7 Å². The fourth-order valence-corrected chi connectivity index (χ4v) is 2.52. The molecule has 25 heavy (non-hydrogen) atoms. The molecule has 1 N–H and O–H groups in total. The van der Waals surface area contributed by atoms with E-state index in [4.69, 9.17) is 16.3 Å². The number of nitrogens with one attached hydrogen (secondary N) is 1. The Morgan fingerprint density at radius 3 is 2.56 bits per heavy atom. The molecule has 0 radical (unpaired) electrons. The van der Waals surface area contributed by atoms with E-state index >= 15 is 0 Å². The molecule has 3 rings (SSSR count). The molecule has 0 unspecified atom stereocenters. The normalized spacial score (nSPS) is 10.6. The number of benzene rings is 2. The van der Waals surface area contributed by atoms with Crippen molar-refractivity contribution in [3.63, 3.8) is 0 Å². The minimum Gasteiger partial charge on any atom is -0.497 e. The number of hydrogen-bond acceptors (Lipinski definition) is 3. The van der Waals surface area contributed by atoms with E-state index in [1.807, 2.05) is 0 Å². The van der Waals surface area contributed by atoms with Gasteiger partial charge in [-0.25, -0.2) is 4.39 Å². The molecule has 0 atom stereocenters. The molecule has 3 aromatic rings. The van der Waals surface area contributed by atoms with Crippen molar-refractivity contribution in [2.45, 2.75) is 0 Å². The Hall–Kier alpha value is -2.86. The summed E-state index contributed by atoms with van der Waals surface area (Å²) in [6.07, 6.45) is 0. The molecule has 128 valence electrons. The van der Waals surface area contributed by atoms with Crippen LogP contribution in [0.5, 0.6) is 5.75 Å². The zero-order chi connectivity index (χ0) is 18.0. The lowest BCUT2D eigenvalue weighted by Crippen LogP contribution is -2.12. The average molecular weight is 360 g/mol. The maximum absolute atomic E-state index is 14.3. The largest absolute Gasteiger partial charge is 0.497 e. The molecule has 0 fully saturated rings. The highest BCUT2D eigenvalue weighted by atomic mass is 35.5. The summed E-state index contributed by atoms with van der Waals surface area (Å²) in [6, 6.07) is 12.8. The SMILES string of the molecule is COc1ccc(-c2cc(C(=O)Nc3ccc(Cl)cc3)nn2C)c(F)c1. The van der Waals surface area contributed by atoms with Crippen molar-refractivity contribution in [2.75, 3.05) is 12.4 Å². The van der Waals surface area contributed by atoms with Crippen LogP contribution < -0.4 is 10.1 Å². The summed E-state index contributed by atoms with van der Waals surface area (Å²) in [4.78, 5) is 12.3. The van der Waals surface area contributed by atoms with Crippen LogP contribution in [0.3, 0.4) is 0 Å². The van der Waals surface area contributed by atoms with Gasteiger partial charge < -0.3 is 10.1 Å².